The van der Waals surface area contributed by atoms with Crippen LogP contribution in [0, 0.1) is 50.4 Å². The molecule has 0 amide bonds. The lowest BCUT2D eigenvalue weighted by atomic mass is 9.97. The molecule has 0 aliphatic heterocycles. The van der Waals surface area contributed by atoms with E-state index >= 15 is 0 Å². The van der Waals surface area contributed by atoms with Crippen LogP contribution in [0.2, 0.25) is 0 Å². The predicted octanol–water partition coefficient (Wildman–Crippen LogP) is 19.4. The minimum atomic E-state index is -6.01. The molecule has 0 heterocycles. The summed E-state index contributed by atoms with van der Waals surface area (Å²) < 4.78 is 258. The van der Waals surface area contributed by atoms with Gasteiger partial charge < -0.3 is 23.5 Å². The molecule has 556 valence electrons. The highest BCUT2D eigenvalue weighted by Gasteiger charge is 2.62. The summed E-state index contributed by atoms with van der Waals surface area (Å²) in [4.78, 5) is 29.5. The number of ether oxygens (including phenoxy) is 4. The molecular formula is C70H73F16N4O9S3+. The van der Waals surface area contributed by atoms with E-state index in [1.807, 2.05) is 179 Å². The normalized spacial score (nSPS) is 13.7. The van der Waals surface area contributed by atoms with Crippen molar-refractivity contribution in [1.82, 2.24) is 0 Å². The Hall–Kier alpha value is -8.07. The number of alkyl halides is 16. The van der Waals surface area contributed by atoms with Gasteiger partial charge in [0.1, 0.15) is 11.5 Å². The smallest absolute Gasteiger partial charge is 0.453 e. The zero-order valence-corrected chi connectivity index (χ0v) is 58.4. The lowest BCUT2D eigenvalue weighted by Gasteiger charge is -2.25. The maximum atomic E-state index is 13.8. The number of azo groups is 1. The average Bonchev–Trinajstić information content (AvgIpc) is 0.812. The van der Waals surface area contributed by atoms with Crippen LogP contribution >= 0.6 is 0 Å². The molecular weight excluding hydrogens is 1440 g/mol. The third kappa shape index (κ3) is 26.6. The van der Waals surface area contributed by atoms with Gasteiger partial charge in [-0.05, 0) is 145 Å². The Bertz CT molecular complexity index is 3620. The molecule has 0 N–H and O–H groups in total. The fourth-order valence-corrected chi connectivity index (χ4v) is 14.0. The molecule has 0 aliphatic carbocycles. The molecule has 102 heavy (non-hydrogen) atoms. The Balaban J connectivity index is 0.000000326. The second kappa shape index (κ2) is 36.9. The van der Waals surface area contributed by atoms with Gasteiger partial charge in [0, 0.05) is 49.9 Å². The summed E-state index contributed by atoms with van der Waals surface area (Å²) >= 11 is 0. The van der Waals surface area contributed by atoms with Crippen LogP contribution in [0.15, 0.2) is 185 Å². The van der Waals surface area contributed by atoms with E-state index in [0.29, 0.717) is 11.5 Å². The van der Waals surface area contributed by atoms with E-state index in [2.05, 4.69) is 15.0 Å². The lowest BCUT2D eigenvalue weighted by Crippen LogP contribution is -2.41. The quantitative estimate of drug-likeness (QED) is 0.00971. The van der Waals surface area contributed by atoms with E-state index in [1.54, 1.807) is 13.0 Å². The maximum absolute atomic E-state index is 13.8. The topological polar surface area (TPSA) is 201 Å². The number of aryl methyl sites for hydroxylation is 4. The van der Waals surface area contributed by atoms with Crippen molar-refractivity contribution in [2.45, 2.75) is 194 Å². The van der Waals surface area contributed by atoms with E-state index < -0.39 is 135 Å². The van der Waals surface area contributed by atoms with Crippen molar-refractivity contribution in [3.05, 3.63) is 168 Å². The molecule has 13 nitrogen and oxygen atoms in total. The summed E-state index contributed by atoms with van der Waals surface area (Å²) in [7, 11) is -6.79. The Morgan fingerprint density at radius 1 is 0.471 bits per heavy atom. The van der Waals surface area contributed by atoms with Crippen molar-refractivity contribution >= 4 is 43.8 Å². The van der Waals surface area contributed by atoms with Crippen molar-refractivity contribution in [2.24, 2.45) is 10.2 Å². The summed E-state index contributed by atoms with van der Waals surface area (Å²) in [5.41, 5.74) is -0.0340. The number of nitrogens with zero attached hydrogens (tertiary/aromatic N) is 4. The molecule has 0 radical (unpaired) electrons. The third-order valence-electron chi connectivity index (χ3n) is 14.6. The van der Waals surface area contributed by atoms with E-state index in [9.17, 15) is 103 Å². The second-order valence-electron chi connectivity index (χ2n) is 23.5. The van der Waals surface area contributed by atoms with E-state index in [1.165, 1.54) is 13.8 Å². The molecule has 6 aromatic carbocycles. The van der Waals surface area contributed by atoms with E-state index in [4.69, 9.17) is 14.2 Å². The summed E-state index contributed by atoms with van der Waals surface area (Å²) in [6, 6.07) is 51.4. The molecule has 0 bridgehead atoms. The third-order valence-corrected chi connectivity index (χ3v) is 19.8. The number of rotatable bonds is 32. The van der Waals surface area contributed by atoms with Crippen molar-refractivity contribution < 1.29 is 112 Å². The van der Waals surface area contributed by atoms with Crippen LogP contribution in [-0.2, 0) is 51.0 Å². The van der Waals surface area contributed by atoms with E-state index in [-0.39, 0.29) is 51.9 Å². The van der Waals surface area contributed by atoms with Crippen LogP contribution in [0.5, 0.6) is 11.5 Å². The molecule has 6 rings (SSSR count). The summed E-state index contributed by atoms with van der Waals surface area (Å²) in [5.74, 6) is -20.1. The molecule has 0 saturated carbocycles. The SMILES string of the molecule is CCOC(=O)CCC(C)(C#N)N=NC(C)(C#N)CCC(=O)OCC(F)(F)S(=O)(=O)[O-].Cc1cc([S+](c2ccccc2)c2ccccc2)cc(C)c1OCCCC(F)(F)CC(F)(F)C(F)(F)F.Cc1cc([S+](c2ccccc2)c2ccccc2)cc(C)c1OCCCC(F)(F)CC(F)(F)C(F)(F)F. The lowest BCUT2D eigenvalue weighted by molar-refractivity contribution is -0.301. The number of halogens is 16. The van der Waals surface area contributed by atoms with Gasteiger partial charge in [-0.2, -0.15) is 73.4 Å². The molecule has 0 spiro atoms. The highest BCUT2D eigenvalue weighted by Crippen LogP contribution is 2.46. The summed E-state index contributed by atoms with van der Waals surface area (Å²) in [6.45, 7) is 9.26. The first kappa shape index (κ1) is 86.3. The first-order valence-corrected chi connectivity index (χ1v) is 34.8. The van der Waals surface area contributed by atoms with Crippen LogP contribution in [0.3, 0.4) is 0 Å². The highest BCUT2D eigenvalue weighted by molar-refractivity contribution is 7.97. The first-order valence-electron chi connectivity index (χ1n) is 31.0. The van der Waals surface area contributed by atoms with Gasteiger partial charge in [0.25, 0.3) is 11.8 Å². The van der Waals surface area contributed by atoms with Gasteiger partial charge in [-0.1, -0.05) is 72.8 Å². The van der Waals surface area contributed by atoms with Gasteiger partial charge in [0.05, 0.1) is 66.6 Å². The van der Waals surface area contributed by atoms with Gasteiger partial charge in [-0.3, -0.25) is 9.59 Å². The number of esters is 2. The number of benzene rings is 6. The molecule has 6 aromatic rings. The molecule has 0 aromatic heterocycles. The van der Waals surface area contributed by atoms with Gasteiger partial charge >= 0.3 is 41.4 Å². The van der Waals surface area contributed by atoms with Crippen LogP contribution in [0.25, 0.3) is 0 Å². The monoisotopic (exact) mass is 1510 g/mol. The number of carbonyl (C=O) groups is 2. The van der Waals surface area contributed by atoms with Crippen LogP contribution in [0.1, 0.15) is 107 Å². The highest BCUT2D eigenvalue weighted by atomic mass is 32.2. The fourth-order valence-electron chi connectivity index (χ4n) is 9.30. The molecule has 2 unspecified atom stereocenters. The van der Waals surface area contributed by atoms with Crippen LogP contribution in [-0.4, -0.2) is 104 Å². The first-order chi connectivity index (χ1) is 47.2. The van der Waals surface area contributed by atoms with Gasteiger partial charge in [-0.15, -0.1) is 0 Å². The van der Waals surface area contributed by atoms with Gasteiger partial charge in [0.2, 0.25) is 0 Å². The summed E-state index contributed by atoms with van der Waals surface area (Å²) in [5, 5.41) is 21.3. The van der Waals surface area contributed by atoms with Gasteiger partial charge in [0.15, 0.2) is 57.2 Å². The Kier molecular flexibility index (Phi) is 31.2. The molecule has 32 heteroatoms. The zero-order valence-electron chi connectivity index (χ0n) is 56.0. The zero-order chi connectivity index (χ0) is 76.8. The number of hydrogen-bond donors (Lipinski definition) is 0. The van der Waals surface area contributed by atoms with Crippen LogP contribution in [0.4, 0.5) is 70.2 Å². The predicted molar refractivity (Wildman–Crippen MR) is 346 cm³/mol. The fraction of sp³-hybridized carbons (Fsp3) is 0.429. The number of carbonyl (C=O) groups excluding carboxylic acids is 2. The standard InChI is InChI=1S/2C27H26F7OS.C16H22F2N4O7S/c2*1-19-16-23(36(21-10-5-3-6-11-21)22-12-7-4-8-13-22)17-20(2)24(19)35-15-9-14-25(28,29)18-26(30,31)27(32,33)34;1-4-28-12(23)5-7-14(2,9-19)21-22-15(3,10-20)8-6-13(24)29-11-16(17,18)30(25,26)27/h2*3-8,10-13,16-17H,9,14-15,18H2,1-2H3;4-8,11H2,1-3H3,(H,25,26,27)/q2*+1;/p-1. The Morgan fingerprint density at radius 2 is 0.755 bits per heavy atom. The van der Waals surface area contributed by atoms with Crippen molar-refractivity contribution in [1.29, 1.82) is 10.5 Å². The minimum absolute atomic E-state index is 0.0475. The van der Waals surface area contributed by atoms with Crippen molar-refractivity contribution in [3.8, 4) is 23.6 Å². The van der Waals surface area contributed by atoms with Crippen LogP contribution < -0.4 is 9.47 Å². The second-order valence-corrected chi connectivity index (χ2v) is 29.1. The van der Waals surface area contributed by atoms with Crippen molar-refractivity contribution in [2.75, 3.05) is 26.4 Å². The largest absolute Gasteiger partial charge is 0.743 e. The Labute approximate surface area is 586 Å². The number of nitriles is 2. The molecule has 0 saturated heterocycles. The minimum Gasteiger partial charge on any atom is -0.743 e. The Morgan fingerprint density at radius 3 is 1.01 bits per heavy atom. The van der Waals surface area contributed by atoms with Gasteiger partial charge in [-0.25, -0.2) is 26.0 Å². The number of hydrogen-bond acceptors (Lipinski definition) is 13. The molecule has 0 aliphatic rings. The van der Waals surface area contributed by atoms with Crippen molar-refractivity contribution in [3.63, 3.8) is 0 Å². The maximum Gasteiger partial charge on any atom is 0.453 e. The molecule has 0 fully saturated rings. The summed E-state index contributed by atoms with van der Waals surface area (Å²) in [6.07, 6.45) is -21.3. The average molecular weight is 1510 g/mol. The molecule has 2 atom stereocenters. The van der Waals surface area contributed by atoms with E-state index in [0.717, 1.165) is 51.6 Å².